The molecular formula is C14H26O2. The van der Waals surface area contributed by atoms with E-state index in [0.717, 1.165) is 38.0 Å². The molecule has 1 N–H and O–H groups in total. The van der Waals surface area contributed by atoms with Crippen molar-refractivity contribution < 1.29 is 9.84 Å². The van der Waals surface area contributed by atoms with Crippen molar-refractivity contribution in [3.05, 3.63) is 12.3 Å². The van der Waals surface area contributed by atoms with E-state index in [1.54, 1.807) is 13.4 Å². The molecule has 2 heteroatoms. The van der Waals surface area contributed by atoms with E-state index in [2.05, 4.69) is 20.8 Å². The van der Waals surface area contributed by atoms with Gasteiger partial charge in [0.2, 0.25) is 0 Å². The summed E-state index contributed by atoms with van der Waals surface area (Å²) < 4.78 is 4.86. The zero-order valence-corrected chi connectivity index (χ0v) is 11.1. The van der Waals surface area contributed by atoms with E-state index in [9.17, 15) is 5.11 Å². The first-order chi connectivity index (χ1) is 7.37. The molecule has 0 aromatic carbocycles. The standard InChI is InChI=1S/C14H26O2/c1-13(2,3)12-6-9-14(15,10-7-12)8-5-11-16-4/h5,11-12,15H,6-10H2,1-4H3/b11-5+. The van der Waals surface area contributed by atoms with Crippen LogP contribution in [-0.2, 0) is 4.74 Å². The minimum absolute atomic E-state index is 0.379. The predicted molar refractivity (Wildman–Crippen MR) is 67.1 cm³/mol. The summed E-state index contributed by atoms with van der Waals surface area (Å²) in [5, 5.41) is 10.4. The Hall–Kier alpha value is -0.500. The lowest BCUT2D eigenvalue weighted by atomic mass is 9.68. The summed E-state index contributed by atoms with van der Waals surface area (Å²) in [4.78, 5) is 0. The third kappa shape index (κ3) is 3.82. The van der Waals surface area contributed by atoms with Gasteiger partial charge in [-0.1, -0.05) is 20.8 Å². The van der Waals surface area contributed by atoms with Crippen molar-refractivity contribution >= 4 is 0 Å². The van der Waals surface area contributed by atoms with Crippen LogP contribution in [-0.4, -0.2) is 17.8 Å². The Kier molecular flexibility index (Phi) is 4.43. The molecule has 2 nitrogen and oxygen atoms in total. The molecule has 0 saturated heterocycles. The highest BCUT2D eigenvalue weighted by atomic mass is 16.5. The van der Waals surface area contributed by atoms with Crippen LogP contribution < -0.4 is 0 Å². The van der Waals surface area contributed by atoms with Gasteiger partial charge in [-0.15, -0.1) is 0 Å². The van der Waals surface area contributed by atoms with Crippen molar-refractivity contribution in [1.82, 2.24) is 0 Å². The highest BCUT2D eigenvalue weighted by molar-refractivity contribution is 4.94. The molecule has 1 rings (SSSR count). The van der Waals surface area contributed by atoms with Crippen molar-refractivity contribution in [3.8, 4) is 0 Å². The van der Waals surface area contributed by atoms with Gasteiger partial charge in [0.15, 0.2) is 0 Å². The second-order valence-corrected chi connectivity index (χ2v) is 6.18. The number of hydrogen-bond donors (Lipinski definition) is 1. The Balaban J connectivity index is 2.44. The molecule has 1 saturated carbocycles. The van der Waals surface area contributed by atoms with Crippen LogP contribution in [0.5, 0.6) is 0 Å². The summed E-state index contributed by atoms with van der Waals surface area (Å²) in [6.45, 7) is 6.90. The third-order valence-corrected chi connectivity index (χ3v) is 3.87. The largest absolute Gasteiger partial charge is 0.505 e. The Morgan fingerprint density at radius 2 is 1.88 bits per heavy atom. The number of hydrogen-bond acceptors (Lipinski definition) is 2. The summed E-state index contributed by atoms with van der Waals surface area (Å²) in [5.74, 6) is 0.749. The predicted octanol–water partition coefficient (Wildman–Crippen LogP) is 3.50. The van der Waals surface area contributed by atoms with Gasteiger partial charge >= 0.3 is 0 Å². The first-order valence-corrected chi connectivity index (χ1v) is 6.27. The normalized spacial score (nSPS) is 31.9. The van der Waals surface area contributed by atoms with Crippen molar-refractivity contribution in [3.63, 3.8) is 0 Å². The van der Waals surface area contributed by atoms with Gasteiger partial charge in [-0.25, -0.2) is 0 Å². The molecule has 0 aromatic heterocycles. The van der Waals surface area contributed by atoms with Crippen LogP contribution in [0.25, 0.3) is 0 Å². The zero-order chi connectivity index (χ0) is 12.2. The van der Waals surface area contributed by atoms with Gasteiger partial charge in [0.25, 0.3) is 0 Å². The molecular weight excluding hydrogens is 200 g/mol. The molecule has 94 valence electrons. The van der Waals surface area contributed by atoms with E-state index < -0.39 is 5.60 Å². The summed E-state index contributed by atoms with van der Waals surface area (Å²) in [6, 6.07) is 0. The van der Waals surface area contributed by atoms with Crippen molar-refractivity contribution in [2.75, 3.05) is 7.11 Å². The second kappa shape index (κ2) is 5.22. The molecule has 0 aromatic rings. The number of rotatable bonds is 3. The molecule has 0 aliphatic heterocycles. The molecule has 1 fully saturated rings. The van der Waals surface area contributed by atoms with Crippen molar-refractivity contribution in [1.29, 1.82) is 0 Å². The fourth-order valence-corrected chi connectivity index (χ4v) is 2.59. The Morgan fingerprint density at radius 1 is 1.31 bits per heavy atom. The molecule has 0 bridgehead atoms. The minimum Gasteiger partial charge on any atom is -0.505 e. The van der Waals surface area contributed by atoms with Gasteiger partial charge in [-0.05, 0) is 49.5 Å². The molecule has 1 aliphatic rings. The van der Waals surface area contributed by atoms with Gasteiger partial charge < -0.3 is 9.84 Å². The average Bonchev–Trinajstić information content (AvgIpc) is 2.17. The summed E-state index contributed by atoms with van der Waals surface area (Å²) >= 11 is 0. The van der Waals surface area contributed by atoms with Crippen LogP contribution in [0, 0.1) is 11.3 Å². The number of ether oxygens (including phenoxy) is 1. The second-order valence-electron chi connectivity index (χ2n) is 6.18. The highest BCUT2D eigenvalue weighted by Gasteiger charge is 2.36. The minimum atomic E-state index is -0.489. The lowest BCUT2D eigenvalue weighted by Gasteiger charge is -2.41. The van der Waals surface area contributed by atoms with Crippen LogP contribution >= 0.6 is 0 Å². The molecule has 16 heavy (non-hydrogen) atoms. The maximum absolute atomic E-state index is 10.4. The van der Waals surface area contributed by atoms with Crippen LogP contribution in [0.3, 0.4) is 0 Å². The average molecular weight is 226 g/mol. The third-order valence-electron chi connectivity index (χ3n) is 3.87. The Morgan fingerprint density at radius 3 is 2.31 bits per heavy atom. The van der Waals surface area contributed by atoms with Gasteiger partial charge in [0.1, 0.15) is 0 Å². The quantitative estimate of drug-likeness (QED) is 0.746. The molecule has 0 unspecified atom stereocenters. The van der Waals surface area contributed by atoms with E-state index >= 15 is 0 Å². The fraction of sp³-hybridized carbons (Fsp3) is 0.857. The number of methoxy groups -OCH3 is 1. The molecule has 0 amide bonds. The molecule has 0 radical (unpaired) electrons. The molecule has 0 heterocycles. The van der Waals surface area contributed by atoms with Crippen molar-refractivity contribution in [2.24, 2.45) is 11.3 Å². The van der Waals surface area contributed by atoms with Gasteiger partial charge in [-0.3, -0.25) is 0 Å². The van der Waals surface area contributed by atoms with Gasteiger partial charge in [-0.2, -0.15) is 0 Å². The smallest absolute Gasteiger partial charge is 0.0785 e. The summed E-state index contributed by atoms with van der Waals surface area (Å²) in [5.41, 5.74) is -0.111. The molecule has 0 spiro atoms. The summed E-state index contributed by atoms with van der Waals surface area (Å²) in [7, 11) is 1.64. The monoisotopic (exact) mass is 226 g/mol. The fourth-order valence-electron chi connectivity index (χ4n) is 2.59. The lowest BCUT2D eigenvalue weighted by molar-refractivity contribution is -0.0228. The van der Waals surface area contributed by atoms with E-state index in [1.807, 2.05) is 6.08 Å². The van der Waals surface area contributed by atoms with Crippen LogP contribution in [0.15, 0.2) is 12.3 Å². The van der Waals surface area contributed by atoms with E-state index in [0.29, 0.717) is 5.41 Å². The maximum Gasteiger partial charge on any atom is 0.0785 e. The molecule has 1 aliphatic carbocycles. The zero-order valence-electron chi connectivity index (χ0n) is 11.1. The van der Waals surface area contributed by atoms with Crippen LogP contribution in [0.1, 0.15) is 52.9 Å². The lowest BCUT2D eigenvalue weighted by Crippen LogP contribution is -2.37. The Labute approximate surface area is 99.7 Å². The van der Waals surface area contributed by atoms with Crippen molar-refractivity contribution in [2.45, 2.75) is 58.5 Å². The highest BCUT2D eigenvalue weighted by Crippen LogP contribution is 2.42. The van der Waals surface area contributed by atoms with E-state index in [4.69, 9.17) is 4.74 Å². The van der Waals surface area contributed by atoms with E-state index in [1.165, 1.54) is 0 Å². The maximum atomic E-state index is 10.4. The summed E-state index contributed by atoms with van der Waals surface area (Å²) in [6.07, 6.45) is 8.43. The number of aliphatic hydroxyl groups is 1. The first kappa shape index (κ1) is 13.6. The van der Waals surface area contributed by atoms with Gasteiger partial charge in [0, 0.05) is 0 Å². The Bertz CT molecular complexity index is 230. The van der Waals surface area contributed by atoms with Crippen LogP contribution in [0.4, 0.5) is 0 Å². The van der Waals surface area contributed by atoms with E-state index in [-0.39, 0.29) is 0 Å². The topological polar surface area (TPSA) is 29.5 Å². The van der Waals surface area contributed by atoms with Crippen LogP contribution in [0.2, 0.25) is 0 Å². The molecule has 0 atom stereocenters. The SMILES string of the molecule is CO/C=C/CC1(O)CCC(C(C)(C)C)CC1. The van der Waals surface area contributed by atoms with Gasteiger partial charge in [0.05, 0.1) is 19.0 Å². The first-order valence-electron chi connectivity index (χ1n) is 6.27.